The molecule has 0 radical (unpaired) electrons. The van der Waals surface area contributed by atoms with E-state index in [1.807, 2.05) is 5.38 Å². The number of hydrogen-bond donors (Lipinski definition) is 3. The predicted molar refractivity (Wildman–Crippen MR) is 182 cm³/mol. The van der Waals surface area contributed by atoms with Crippen molar-refractivity contribution in [2.75, 3.05) is 32.7 Å². The average Bonchev–Trinajstić information content (AvgIpc) is 3.75. The molecule has 3 fully saturated rings. The second kappa shape index (κ2) is 15.0. The number of hydrogen-bond acceptors (Lipinski definition) is 8. The van der Waals surface area contributed by atoms with Gasteiger partial charge in [0.15, 0.2) is 0 Å². The van der Waals surface area contributed by atoms with E-state index < -0.39 is 17.9 Å². The maximum absolute atomic E-state index is 13.8. The van der Waals surface area contributed by atoms with Crippen molar-refractivity contribution in [3.63, 3.8) is 0 Å². The van der Waals surface area contributed by atoms with Gasteiger partial charge < -0.3 is 25.3 Å². The van der Waals surface area contributed by atoms with Gasteiger partial charge in [-0.3, -0.25) is 14.5 Å². The Labute approximate surface area is 293 Å². The smallest absolute Gasteiger partial charge is 0.334 e. The Morgan fingerprint density at radius 1 is 0.896 bits per heavy atom. The number of dihydropyridines is 1. The number of carboxylic acid groups (broad SMARTS) is 2. The summed E-state index contributed by atoms with van der Waals surface area (Å²) >= 11 is 14.6. The lowest BCUT2D eigenvalue weighted by atomic mass is 9.79. The summed E-state index contributed by atoms with van der Waals surface area (Å²) < 4.78 is 0. The van der Waals surface area contributed by atoms with Gasteiger partial charge in [0.25, 0.3) is 0 Å². The first-order valence-corrected chi connectivity index (χ1v) is 18.1. The Morgan fingerprint density at radius 3 is 2.12 bits per heavy atom. The summed E-state index contributed by atoms with van der Waals surface area (Å²) in [7, 11) is 0. The molecule has 1 aromatic carbocycles. The van der Waals surface area contributed by atoms with E-state index in [9.17, 15) is 29.4 Å². The van der Waals surface area contributed by atoms with Gasteiger partial charge in [0.1, 0.15) is 0 Å². The predicted octanol–water partition coefficient (Wildman–Crippen LogP) is 4.91. The Balaban J connectivity index is 1.19. The third-order valence-corrected chi connectivity index (χ3v) is 11.6. The molecular formula is C34H39Cl2N5O6S. The van der Waals surface area contributed by atoms with E-state index in [4.69, 9.17) is 23.2 Å². The molecule has 14 heteroatoms. The monoisotopic (exact) mass is 715 g/mol. The molecule has 0 bridgehead atoms. The molecule has 4 aliphatic rings. The number of benzene rings is 1. The minimum Gasteiger partial charge on any atom is -0.478 e. The highest BCUT2D eigenvalue weighted by Crippen LogP contribution is 2.45. The lowest BCUT2D eigenvalue weighted by molar-refractivity contribution is -0.134. The molecule has 3 N–H and O–H groups in total. The molecule has 4 heterocycles. The number of halogens is 2. The molecule has 1 aromatic heterocycles. The van der Waals surface area contributed by atoms with Crippen LogP contribution in [0.15, 0.2) is 52.3 Å². The van der Waals surface area contributed by atoms with Crippen molar-refractivity contribution in [1.29, 1.82) is 0 Å². The number of aliphatic carboxylic acids is 2. The quantitative estimate of drug-likeness (QED) is 0.313. The molecule has 1 unspecified atom stereocenters. The second-order valence-corrected chi connectivity index (χ2v) is 14.6. The number of aryl methyl sites for hydroxylation is 1. The van der Waals surface area contributed by atoms with E-state index in [2.05, 4.69) is 20.1 Å². The first-order valence-electron chi connectivity index (χ1n) is 16.5. The van der Waals surface area contributed by atoms with Crippen LogP contribution < -0.4 is 5.32 Å². The fourth-order valence-electron chi connectivity index (χ4n) is 7.72. The number of nitrogens with one attached hydrogen (secondary N) is 1. The number of allylic oxidation sites excluding steroid dienone is 1. The molecule has 1 saturated carbocycles. The van der Waals surface area contributed by atoms with Crippen LogP contribution >= 0.6 is 34.5 Å². The van der Waals surface area contributed by atoms with E-state index in [1.54, 1.807) is 29.3 Å². The molecule has 2 amide bonds. The average molecular weight is 717 g/mol. The van der Waals surface area contributed by atoms with Gasteiger partial charge in [-0.2, -0.15) is 0 Å². The van der Waals surface area contributed by atoms with Gasteiger partial charge in [-0.1, -0.05) is 29.3 Å². The van der Waals surface area contributed by atoms with Crippen LogP contribution in [0.3, 0.4) is 0 Å². The van der Waals surface area contributed by atoms with Crippen LogP contribution in [0, 0.1) is 0 Å². The largest absolute Gasteiger partial charge is 0.478 e. The number of piperazine rings is 1. The van der Waals surface area contributed by atoms with Crippen LogP contribution in [-0.2, 0) is 25.6 Å². The molecule has 3 aliphatic heterocycles. The van der Waals surface area contributed by atoms with Crippen LogP contribution in [0.2, 0.25) is 10.0 Å². The third-order valence-electron chi connectivity index (χ3n) is 10.1. The van der Waals surface area contributed by atoms with Gasteiger partial charge in [-0.05, 0) is 50.7 Å². The minimum absolute atomic E-state index is 0.129. The first-order chi connectivity index (χ1) is 23.1. The van der Waals surface area contributed by atoms with Gasteiger partial charge in [0.2, 0.25) is 11.8 Å². The standard InChI is InChI=1S/C34H39Cl2N5O6S/c35-22-3-1-4-23(36)29(22)32-30(33(44)45)24(10-11-26-37-12-18-48-26)38-25(31(32)34(46)47)19-28(43)40-16-14-39(15-17-40)20-6-8-21(9-7-20)41-13-2-5-27(41)42/h1,3-4,12,18,20-21,32,38H,2,5-11,13-17,19H2,(H,44,45)(H,46,47). The summed E-state index contributed by atoms with van der Waals surface area (Å²) in [6.07, 6.45) is 7.73. The van der Waals surface area contributed by atoms with Crippen molar-refractivity contribution in [2.24, 2.45) is 0 Å². The fourth-order valence-corrected chi connectivity index (χ4v) is 8.96. The highest BCUT2D eigenvalue weighted by Gasteiger charge is 2.41. The number of aromatic nitrogens is 1. The third kappa shape index (κ3) is 7.27. The summed E-state index contributed by atoms with van der Waals surface area (Å²) in [4.78, 5) is 62.3. The van der Waals surface area contributed by atoms with Gasteiger partial charge in [-0.25, -0.2) is 14.6 Å². The summed E-state index contributed by atoms with van der Waals surface area (Å²) in [6.45, 7) is 3.30. The zero-order chi connectivity index (χ0) is 33.9. The Morgan fingerprint density at radius 2 is 1.54 bits per heavy atom. The molecule has 1 aliphatic carbocycles. The zero-order valence-electron chi connectivity index (χ0n) is 26.5. The first kappa shape index (κ1) is 34.4. The summed E-state index contributed by atoms with van der Waals surface area (Å²) in [5, 5.41) is 27.0. The van der Waals surface area contributed by atoms with Gasteiger partial charge in [0, 0.05) is 96.2 Å². The van der Waals surface area contributed by atoms with Crippen LogP contribution in [0.5, 0.6) is 0 Å². The lowest BCUT2D eigenvalue weighted by Crippen LogP contribution is -2.53. The van der Waals surface area contributed by atoms with E-state index >= 15 is 0 Å². The lowest BCUT2D eigenvalue weighted by Gasteiger charge is -2.43. The number of carboxylic acids is 2. The van der Waals surface area contributed by atoms with E-state index in [0.29, 0.717) is 56.8 Å². The van der Waals surface area contributed by atoms with E-state index in [0.717, 1.165) is 43.7 Å². The fraction of sp³-hybridized carbons (Fsp3) is 0.500. The minimum atomic E-state index is -1.36. The summed E-state index contributed by atoms with van der Waals surface area (Å²) in [5.41, 5.74) is 0.159. The molecule has 48 heavy (non-hydrogen) atoms. The number of thiazole rings is 1. The maximum atomic E-state index is 13.8. The molecule has 6 rings (SSSR count). The number of rotatable bonds is 10. The number of amides is 2. The number of carbonyl (C=O) groups excluding carboxylic acids is 2. The topological polar surface area (TPSA) is 143 Å². The molecule has 2 saturated heterocycles. The van der Waals surface area contributed by atoms with Crippen LogP contribution in [0.25, 0.3) is 0 Å². The van der Waals surface area contributed by atoms with Gasteiger partial charge in [-0.15, -0.1) is 11.3 Å². The molecule has 256 valence electrons. The van der Waals surface area contributed by atoms with E-state index in [1.165, 1.54) is 11.3 Å². The highest BCUT2D eigenvalue weighted by atomic mass is 35.5. The number of likely N-dealkylation sites (tertiary alicyclic amines) is 1. The van der Waals surface area contributed by atoms with Crippen molar-refractivity contribution in [1.82, 2.24) is 25.0 Å². The van der Waals surface area contributed by atoms with Crippen molar-refractivity contribution in [2.45, 2.75) is 75.8 Å². The second-order valence-electron chi connectivity index (χ2n) is 12.8. The van der Waals surface area contributed by atoms with Crippen LogP contribution in [0.4, 0.5) is 0 Å². The highest BCUT2D eigenvalue weighted by molar-refractivity contribution is 7.09. The molecule has 11 nitrogen and oxygen atoms in total. The van der Waals surface area contributed by atoms with Crippen LogP contribution in [-0.4, -0.2) is 98.5 Å². The Hall–Kier alpha value is -3.45. The summed E-state index contributed by atoms with van der Waals surface area (Å²) in [6, 6.07) is 5.45. The van der Waals surface area contributed by atoms with Crippen molar-refractivity contribution >= 4 is 58.3 Å². The normalized spacial score (nSPS) is 23.9. The molecular weight excluding hydrogens is 677 g/mol. The molecule has 0 spiro atoms. The number of nitrogens with zero attached hydrogens (tertiary/aromatic N) is 4. The van der Waals surface area contributed by atoms with Crippen molar-refractivity contribution in [3.8, 4) is 0 Å². The SMILES string of the molecule is O=C(O)C1=C(CCc2nccs2)NC(CC(=O)N2CCN(C3CCC(N4CCCC4=O)CC3)CC2)=C(C(=O)O)C1c1c(Cl)cccc1Cl. The van der Waals surface area contributed by atoms with Gasteiger partial charge >= 0.3 is 11.9 Å². The molecule has 2 aromatic rings. The summed E-state index contributed by atoms with van der Waals surface area (Å²) in [5.74, 6) is -3.94. The maximum Gasteiger partial charge on any atom is 0.334 e. The zero-order valence-corrected chi connectivity index (χ0v) is 28.8. The molecule has 1 atom stereocenters. The van der Waals surface area contributed by atoms with E-state index in [-0.39, 0.29) is 57.1 Å². The van der Waals surface area contributed by atoms with Crippen molar-refractivity contribution in [3.05, 3.63) is 72.9 Å². The Bertz CT molecular complexity index is 1610. The van der Waals surface area contributed by atoms with Gasteiger partial charge in [0.05, 0.1) is 28.5 Å². The van der Waals surface area contributed by atoms with Crippen molar-refractivity contribution < 1.29 is 29.4 Å². The number of carbonyl (C=O) groups is 4. The Kier molecular flexibility index (Phi) is 10.7. The van der Waals surface area contributed by atoms with Crippen LogP contribution in [0.1, 0.15) is 67.9 Å².